The van der Waals surface area contributed by atoms with Gasteiger partial charge in [0.15, 0.2) is 5.78 Å². The molecule has 1 N–H and O–H groups in total. The zero-order chi connectivity index (χ0) is 20.9. The summed E-state index contributed by atoms with van der Waals surface area (Å²) in [7, 11) is 0. The molecular formula is C22H26N4O3S. The molecule has 0 bridgehead atoms. The number of rotatable bonds is 8. The van der Waals surface area contributed by atoms with Crippen LogP contribution >= 0.6 is 11.3 Å². The minimum absolute atomic E-state index is 0.0352. The molecule has 0 amide bonds. The van der Waals surface area contributed by atoms with E-state index in [9.17, 15) is 14.9 Å². The molecule has 1 fully saturated rings. The number of ketones is 1. The zero-order valence-corrected chi connectivity index (χ0v) is 17.7. The predicted molar refractivity (Wildman–Crippen MR) is 117 cm³/mol. The van der Waals surface area contributed by atoms with Gasteiger partial charge in [0.05, 0.1) is 33.1 Å². The highest BCUT2D eigenvalue weighted by molar-refractivity contribution is 7.12. The third-order valence-corrected chi connectivity index (χ3v) is 6.82. The molecule has 3 heterocycles. The van der Waals surface area contributed by atoms with Crippen LogP contribution in [-0.2, 0) is 6.42 Å². The van der Waals surface area contributed by atoms with Gasteiger partial charge in [-0.05, 0) is 36.8 Å². The van der Waals surface area contributed by atoms with Crippen molar-refractivity contribution < 1.29 is 9.72 Å². The monoisotopic (exact) mass is 426 g/mol. The minimum atomic E-state index is -0.476. The normalized spacial score (nSPS) is 17.2. The number of aromatic amines is 1. The second kappa shape index (κ2) is 9.38. The van der Waals surface area contributed by atoms with Gasteiger partial charge in [0.2, 0.25) is 0 Å². The fraction of sp³-hybridized carbons (Fsp3) is 0.455. The standard InChI is InChI=1S/C22H26N4O3S/c27-21(22-12-19(15-30-22)26(28)29)14-25-10-4-7-17(13-25)20-11-18(23-24-20)9-8-16-5-2-1-3-6-16/h4,10-13,15-16H,1-3,5-9,14H2,(H,23,24). The number of Topliss-reactive ketones (excluding diaryl/α,β-unsaturated/α-hetero) is 1. The van der Waals surface area contributed by atoms with E-state index in [2.05, 4.69) is 16.3 Å². The number of nitrogens with one attached hydrogen (secondary N) is 1. The first-order valence-corrected chi connectivity index (χ1v) is 11.4. The summed E-state index contributed by atoms with van der Waals surface area (Å²) in [5, 5.41) is 19.9. The molecule has 2 aliphatic rings. The number of thiophene rings is 1. The van der Waals surface area contributed by atoms with Crippen molar-refractivity contribution in [3.05, 3.63) is 62.4 Å². The molecule has 4 rings (SSSR count). The maximum absolute atomic E-state index is 12.5. The lowest BCUT2D eigenvalue weighted by Gasteiger charge is -2.20. The molecule has 1 saturated carbocycles. The molecule has 0 unspecified atom stereocenters. The van der Waals surface area contributed by atoms with Crippen LogP contribution in [0.2, 0.25) is 0 Å². The third kappa shape index (κ3) is 5.05. The fourth-order valence-corrected chi connectivity index (χ4v) is 4.97. The van der Waals surface area contributed by atoms with Crippen LogP contribution in [0, 0.1) is 16.0 Å². The summed E-state index contributed by atoms with van der Waals surface area (Å²) in [6.07, 6.45) is 15.6. The molecule has 0 atom stereocenters. The lowest BCUT2D eigenvalue weighted by molar-refractivity contribution is -0.384. The number of nitro groups is 1. The first-order chi connectivity index (χ1) is 14.6. The first kappa shape index (κ1) is 20.5. The van der Waals surface area contributed by atoms with Crippen molar-refractivity contribution in [3.63, 3.8) is 0 Å². The van der Waals surface area contributed by atoms with Gasteiger partial charge >= 0.3 is 0 Å². The van der Waals surface area contributed by atoms with Gasteiger partial charge in [-0.1, -0.05) is 38.2 Å². The summed E-state index contributed by atoms with van der Waals surface area (Å²) >= 11 is 1.11. The molecule has 30 heavy (non-hydrogen) atoms. The van der Waals surface area contributed by atoms with Crippen molar-refractivity contribution in [2.45, 2.75) is 51.4 Å². The highest BCUT2D eigenvalue weighted by atomic mass is 32.1. The number of H-pyrrole nitrogens is 1. The predicted octanol–water partition coefficient (Wildman–Crippen LogP) is 5.34. The van der Waals surface area contributed by atoms with E-state index in [-0.39, 0.29) is 18.0 Å². The number of aryl methyl sites for hydroxylation is 1. The lowest BCUT2D eigenvalue weighted by atomic mass is 9.86. The second-order valence-corrected chi connectivity index (χ2v) is 8.99. The Morgan fingerprint density at radius 2 is 2.13 bits per heavy atom. The molecule has 8 heteroatoms. The molecular weight excluding hydrogens is 400 g/mol. The van der Waals surface area contributed by atoms with E-state index in [1.54, 1.807) is 0 Å². The third-order valence-electron chi connectivity index (χ3n) is 5.86. The number of aromatic nitrogens is 2. The summed E-state index contributed by atoms with van der Waals surface area (Å²) in [4.78, 5) is 25.1. The SMILES string of the molecule is O=C(CN1C=CCC(c2cc(CCC3CCCCC3)n[nH]2)=C1)c1cc([N+](=O)[O-])cs1. The van der Waals surface area contributed by atoms with Gasteiger partial charge in [0.25, 0.3) is 5.69 Å². The highest BCUT2D eigenvalue weighted by Crippen LogP contribution is 2.28. The molecule has 0 aromatic carbocycles. The van der Waals surface area contributed by atoms with Crippen molar-refractivity contribution in [2.24, 2.45) is 5.92 Å². The van der Waals surface area contributed by atoms with Crippen molar-refractivity contribution >= 4 is 28.4 Å². The van der Waals surface area contributed by atoms with E-state index in [1.165, 1.54) is 50.0 Å². The Morgan fingerprint density at radius 1 is 1.30 bits per heavy atom. The average molecular weight is 427 g/mol. The second-order valence-electron chi connectivity index (χ2n) is 8.08. The van der Waals surface area contributed by atoms with Gasteiger partial charge < -0.3 is 4.90 Å². The number of carbonyl (C=O) groups excluding carboxylic acids is 1. The van der Waals surface area contributed by atoms with Crippen LogP contribution in [0.1, 0.15) is 66.0 Å². The van der Waals surface area contributed by atoms with Crippen molar-refractivity contribution in [3.8, 4) is 0 Å². The van der Waals surface area contributed by atoms with E-state index in [1.807, 2.05) is 23.4 Å². The van der Waals surface area contributed by atoms with Gasteiger partial charge in [-0.3, -0.25) is 20.0 Å². The van der Waals surface area contributed by atoms with Crippen LogP contribution in [-0.4, -0.2) is 32.3 Å². The number of nitrogens with zero attached hydrogens (tertiary/aromatic N) is 3. The summed E-state index contributed by atoms with van der Waals surface area (Å²) in [5.74, 6) is 0.707. The molecule has 1 aliphatic carbocycles. The van der Waals surface area contributed by atoms with Gasteiger partial charge in [0.1, 0.15) is 0 Å². The van der Waals surface area contributed by atoms with Gasteiger partial charge in [-0.25, -0.2) is 0 Å². The number of allylic oxidation sites excluding steroid dienone is 2. The molecule has 0 radical (unpaired) electrons. The molecule has 2 aromatic heterocycles. The van der Waals surface area contributed by atoms with Crippen molar-refractivity contribution in [2.75, 3.05) is 6.54 Å². The largest absolute Gasteiger partial charge is 0.346 e. The Labute approximate surface area is 179 Å². The lowest BCUT2D eigenvalue weighted by Crippen LogP contribution is -2.21. The molecule has 158 valence electrons. The topological polar surface area (TPSA) is 92.1 Å². The van der Waals surface area contributed by atoms with Crippen LogP contribution in [0.4, 0.5) is 5.69 Å². The molecule has 0 saturated heterocycles. The Bertz CT molecular complexity index is 969. The van der Waals surface area contributed by atoms with Crippen molar-refractivity contribution in [1.29, 1.82) is 0 Å². The first-order valence-electron chi connectivity index (χ1n) is 10.5. The molecule has 7 nitrogen and oxygen atoms in total. The van der Waals surface area contributed by atoms with E-state index in [0.717, 1.165) is 47.1 Å². The summed E-state index contributed by atoms with van der Waals surface area (Å²) in [5.41, 5.74) is 3.13. The fourth-order valence-electron chi connectivity index (χ4n) is 4.18. The molecule has 1 aliphatic heterocycles. The number of hydrogen-bond donors (Lipinski definition) is 1. The zero-order valence-electron chi connectivity index (χ0n) is 16.9. The summed E-state index contributed by atoms with van der Waals surface area (Å²) in [6.45, 7) is 0.153. The maximum Gasteiger partial charge on any atom is 0.280 e. The Morgan fingerprint density at radius 3 is 2.90 bits per heavy atom. The van der Waals surface area contributed by atoms with Crippen LogP contribution in [0.25, 0.3) is 5.57 Å². The van der Waals surface area contributed by atoms with Crippen LogP contribution in [0.15, 0.2) is 36.0 Å². The maximum atomic E-state index is 12.5. The number of hydrogen-bond acceptors (Lipinski definition) is 6. The molecule has 2 aromatic rings. The van der Waals surface area contributed by atoms with Crippen molar-refractivity contribution in [1.82, 2.24) is 15.1 Å². The van der Waals surface area contributed by atoms with Gasteiger partial charge in [-0.15, -0.1) is 11.3 Å². The molecule has 0 spiro atoms. The van der Waals surface area contributed by atoms with E-state index in [4.69, 9.17) is 0 Å². The minimum Gasteiger partial charge on any atom is -0.346 e. The van der Waals surface area contributed by atoms with Gasteiger partial charge in [-0.2, -0.15) is 5.10 Å². The Kier molecular flexibility index (Phi) is 6.42. The highest BCUT2D eigenvalue weighted by Gasteiger charge is 2.19. The van der Waals surface area contributed by atoms with E-state index < -0.39 is 4.92 Å². The van der Waals surface area contributed by atoms with Gasteiger partial charge in [0, 0.05) is 18.5 Å². The Balaban J connectivity index is 1.35. The van der Waals surface area contributed by atoms with Crippen LogP contribution in [0.3, 0.4) is 0 Å². The van der Waals surface area contributed by atoms with Crippen LogP contribution in [0.5, 0.6) is 0 Å². The average Bonchev–Trinajstić information content (AvgIpc) is 3.43. The number of carbonyl (C=O) groups is 1. The van der Waals surface area contributed by atoms with E-state index >= 15 is 0 Å². The Hall–Kier alpha value is -2.74. The summed E-state index contributed by atoms with van der Waals surface area (Å²) < 4.78 is 0. The quantitative estimate of drug-likeness (QED) is 0.350. The summed E-state index contributed by atoms with van der Waals surface area (Å²) in [6, 6.07) is 3.47. The van der Waals surface area contributed by atoms with Crippen LogP contribution < -0.4 is 0 Å². The smallest absolute Gasteiger partial charge is 0.280 e. The van der Waals surface area contributed by atoms with E-state index in [0.29, 0.717) is 4.88 Å².